The van der Waals surface area contributed by atoms with Crippen molar-refractivity contribution in [1.29, 1.82) is 0 Å². The number of aromatic nitrogens is 2. The molecule has 5 aromatic rings. The van der Waals surface area contributed by atoms with E-state index in [-0.39, 0.29) is 0 Å². The van der Waals surface area contributed by atoms with Crippen molar-refractivity contribution >= 4 is 27.4 Å². The number of hydrogen-bond acceptors (Lipinski definition) is 6. The van der Waals surface area contributed by atoms with Crippen LogP contribution in [0.1, 0.15) is 29.7 Å². The zero-order chi connectivity index (χ0) is 26.6. The van der Waals surface area contributed by atoms with Crippen LogP contribution in [0.4, 0.5) is 5.82 Å². The zero-order valence-corrected chi connectivity index (χ0v) is 22.6. The lowest BCUT2D eigenvalue weighted by Gasteiger charge is -2.32. The Morgan fingerprint density at radius 1 is 0.795 bits per heavy atom. The molecular weight excluding hydrogens is 484 g/mol. The Balaban J connectivity index is 1.20. The number of nitrogens with one attached hydrogen (secondary N) is 1. The summed E-state index contributed by atoms with van der Waals surface area (Å²) in [6, 6.07) is 30.0. The molecule has 1 saturated heterocycles. The van der Waals surface area contributed by atoms with Crippen molar-refractivity contribution in [2.24, 2.45) is 0 Å². The molecule has 1 aliphatic heterocycles. The Bertz CT molecular complexity index is 1580. The first kappa shape index (κ1) is 25.1. The summed E-state index contributed by atoms with van der Waals surface area (Å²) in [5.74, 6) is 2.27. The van der Waals surface area contributed by atoms with E-state index >= 15 is 0 Å². The molecule has 0 spiro atoms. The molecule has 0 amide bonds. The standard InChI is InChI=1S/C33H34N4O2/c1-38-28-20-29-32(31(21-28)39-2)30(19-23-8-4-3-5-9-23)35-36-33(29)34-27-14-16-37(17-15-27)22-24-12-13-25-10-6-7-11-26(25)18-24/h3-13,18,20-21,27H,14-17,19,22H2,1-2H3,(H,34,36). The average molecular weight is 519 g/mol. The molecule has 1 aromatic heterocycles. The summed E-state index contributed by atoms with van der Waals surface area (Å²) in [7, 11) is 3.37. The van der Waals surface area contributed by atoms with Crippen LogP contribution in [0.3, 0.4) is 0 Å². The summed E-state index contributed by atoms with van der Waals surface area (Å²) >= 11 is 0. The van der Waals surface area contributed by atoms with Gasteiger partial charge in [0.1, 0.15) is 11.5 Å². The van der Waals surface area contributed by atoms with Gasteiger partial charge in [-0.25, -0.2) is 0 Å². The fourth-order valence-electron chi connectivity index (χ4n) is 5.61. The van der Waals surface area contributed by atoms with Crippen LogP contribution in [0.2, 0.25) is 0 Å². The molecular formula is C33H34N4O2. The summed E-state index contributed by atoms with van der Waals surface area (Å²) in [6.07, 6.45) is 2.77. The van der Waals surface area contributed by atoms with Gasteiger partial charge in [0, 0.05) is 43.5 Å². The second kappa shape index (κ2) is 11.3. The van der Waals surface area contributed by atoms with Gasteiger partial charge in [-0.2, -0.15) is 5.10 Å². The summed E-state index contributed by atoms with van der Waals surface area (Å²) in [5, 5.41) is 17.6. The van der Waals surface area contributed by atoms with E-state index in [0.29, 0.717) is 12.5 Å². The number of rotatable bonds is 8. The van der Waals surface area contributed by atoms with Crippen LogP contribution in [0.15, 0.2) is 84.9 Å². The Morgan fingerprint density at radius 3 is 2.33 bits per heavy atom. The number of methoxy groups -OCH3 is 2. The lowest BCUT2D eigenvalue weighted by Crippen LogP contribution is -2.38. The van der Waals surface area contributed by atoms with Gasteiger partial charge in [0.05, 0.1) is 25.3 Å². The topological polar surface area (TPSA) is 59.5 Å². The molecule has 1 N–H and O–H groups in total. The maximum absolute atomic E-state index is 5.81. The van der Waals surface area contributed by atoms with E-state index in [9.17, 15) is 0 Å². The fourth-order valence-corrected chi connectivity index (χ4v) is 5.61. The van der Waals surface area contributed by atoms with E-state index in [1.165, 1.54) is 21.9 Å². The highest BCUT2D eigenvalue weighted by Crippen LogP contribution is 2.37. The predicted molar refractivity (Wildman–Crippen MR) is 158 cm³/mol. The average Bonchev–Trinajstić information content (AvgIpc) is 2.99. The maximum Gasteiger partial charge on any atom is 0.157 e. The number of ether oxygens (including phenoxy) is 2. The molecule has 0 saturated carbocycles. The molecule has 0 bridgehead atoms. The van der Waals surface area contributed by atoms with Gasteiger partial charge in [0.25, 0.3) is 0 Å². The van der Waals surface area contributed by atoms with Gasteiger partial charge in [0.15, 0.2) is 5.82 Å². The second-order valence-electron chi connectivity index (χ2n) is 10.3. The zero-order valence-electron chi connectivity index (χ0n) is 22.6. The third-order valence-corrected chi connectivity index (χ3v) is 7.71. The highest BCUT2D eigenvalue weighted by Gasteiger charge is 2.22. The SMILES string of the molecule is COc1cc(OC)c2c(Cc3ccccc3)nnc(NC3CCN(Cc4ccc5ccccc5c4)CC3)c2c1. The van der Waals surface area contributed by atoms with Crippen LogP contribution in [-0.2, 0) is 13.0 Å². The third-order valence-electron chi connectivity index (χ3n) is 7.71. The largest absolute Gasteiger partial charge is 0.497 e. The maximum atomic E-state index is 5.81. The van der Waals surface area contributed by atoms with Crippen LogP contribution in [0, 0.1) is 0 Å². The highest BCUT2D eigenvalue weighted by molar-refractivity contribution is 5.98. The number of hydrogen-bond donors (Lipinski definition) is 1. The van der Waals surface area contributed by atoms with Crippen LogP contribution >= 0.6 is 0 Å². The molecule has 0 unspecified atom stereocenters. The van der Waals surface area contributed by atoms with Gasteiger partial charge in [0.2, 0.25) is 0 Å². The van der Waals surface area contributed by atoms with Gasteiger partial charge in [-0.1, -0.05) is 66.7 Å². The summed E-state index contributed by atoms with van der Waals surface area (Å²) < 4.78 is 11.4. The number of nitrogens with zero attached hydrogens (tertiary/aromatic N) is 3. The molecule has 1 aliphatic rings. The van der Waals surface area contributed by atoms with Crippen LogP contribution < -0.4 is 14.8 Å². The second-order valence-corrected chi connectivity index (χ2v) is 10.3. The molecule has 0 atom stereocenters. The van der Waals surface area contributed by atoms with Crippen LogP contribution in [0.5, 0.6) is 11.5 Å². The number of anilines is 1. The van der Waals surface area contributed by atoms with E-state index in [0.717, 1.165) is 66.3 Å². The third kappa shape index (κ3) is 5.52. The Kier molecular flexibility index (Phi) is 7.28. The van der Waals surface area contributed by atoms with Gasteiger partial charge >= 0.3 is 0 Å². The van der Waals surface area contributed by atoms with Gasteiger partial charge in [-0.05, 0) is 46.9 Å². The molecule has 39 heavy (non-hydrogen) atoms. The van der Waals surface area contributed by atoms with Crippen molar-refractivity contribution in [2.75, 3.05) is 32.6 Å². The lowest BCUT2D eigenvalue weighted by atomic mass is 10.0. The number of likely N-dealkylation sites (tertiary alicyclic amines) is 1. The normalized spacial score (nSPS) is 14.5. The van der Waals surface area contributed by atoms with Crippen molar-refractivity contribution in [2.45, 2.75) is 31.8 Å². The molecule has 6 nitrogen and oxygen atoms in total. The van der Waals surface area contributed by atoms with Crippen molar-refractivity contribution < 1.29 is 9.47 Å². The van der Waals surface area contributed by atoms with E-state index in [4.69, 9.17) is 9.47 Å². The molecule has 1 fully saturated rings. The highest BCUT2D eigenvalue weighted by atomic mass is 16.5. The molecule has 0 radical (unpaired) electrons. The minimum atomic E-state index is 0.326. The molecule has 6 heteroatoms. The monoisotopic (exact) mass is 518 g/mol. The Morgan fingerprint density at radius 2 is 1.56 bits per heavy atom. The van der Waals surface area contributed by atoms with Crippen molar-refractivity contribution in [1.82, 2.24) is 15.1 Å². The van der Waals surface area contributed by atoms with Crippen LogP contribution in [-0.4, -0.2) is 48.4 Å². The first-order chi connectivity index (χ1) is 19.2. The van der Waals surface area contributed by atoms with E-state index < -0.39 is 0 Å². The van der Waals surface area contributed by atoms with Gasteiger partial charge < -0.3 is 14.8 Å². The molecule has 0 aliphatic carbocycles. The minimum absolute atomic E-state index is 0.326. The summed E-state index contributed by atoms with van der Waals surface area (Å²) in [4.78, 5) is 2.54. The van der Waals surface area contributed by atoms with Crippen molar-refractivity contribution in [3.8, 4) is 11.5 Å². The number of piperidine rings is 1. The van der Waals surface area contributed by atoms with Crippen molar-refractivity contribution in [3.63, 3.8) is 0 Å². The fraction of sp³-hybridized carbons (Fsp3) is 0.273. The summed E-state index contributed by atoms with van der Waals surface area (Å²) in [6.45, 7) is 3.05. The predicted octanol–water partition coefficient (Wildman–Crippen LogP) is 6.47. The summed E-state index contributed by atoms with van der Waals surface area (Å²) in [5.41, 5.74) is 3.45. The Labute approximate surface area is 229 Å². The smallest absolute Gasteiger partial charge is 0.157 e. The van der Waals surface area contributed by atoms with E-state index in [1.807, 2.05) is 30.3 Å². The van der Waals surface area contributed by atoms with Crippen molar-refractivity contribution in [3.05, 3.63) is 102 Å². The van der Waals surface area contributed by atoms with Gasteiger partial charge in [-0.3, -0.25) is 4.90 Å². The van der Waals surface area contributed by atoms with E-state index in [2.05, 4.69) is 75.0 Å². The van der Waals surface area contributed by atoms with Gasteiger partial charge in [-0.15, -0.1) is 5.10 Å². The first-order valence-electron chi connectivity index (χ1n) is 13.6. The lowest BCUT2D eigenvalue weighted by molar-refractivity contribution is 0.211. The first-order valence-corrected chi connectivity index (χ1v) is 13.6. The van der Waals surface area contributed by atoms with E-state index in [1.54, 1.807) is 14.2 Å². The van der Waals surface area contributed by atoms with Crippen LogP contribution in [0.25, 0.3) is 21.5 Å². The molecule has 6 rings (SSSR count). The molecule has 4 aromatic carbocycles. The Hall–Kier alpha value is -4.16. The minimum Gasteiger partial charge on any atom is -0.497 e. The quantitative estimate of drug-likeness (QED) is 0.254. The molecule has 198 valence electrons. The number of fused-ring (bicyclic) bond motifs is 2. The number of benzene rings is 4. The molecule has 2 heterocycles.